The van der Waals surface area contributed by atoms with Gasteiger partial charge in [0.2, 0.25) is 0 Å². The predicted molar refractivity (Wildman–Crippen MR) is 57.8 cm³/mol. The molecule has 15 heavy (non-hydrogen) atoms. The van der Waals surface area contributed by atoms with Gasteiger partial charge in [-0.2, -0.15) is 5.10 Å². The van der Waals surface area contributed by atoms with Crippen LogP contribution in [0, 0.1) is 12.7 Å². The SMILES string of the molecule is Cc1nn(C)cc1-c1ccc(N)cc1F. The van der Waals surface area contributed by atoms with Gasteiger partial charge in [0.25, 0.3) is 0 Å². The summed E-state index contributed by atoms with van der Waals surface area (Å²) in [5.41, 5.74) is 8.06. The second kappa shape index (κ2) is 3.38. The van der Waals surface area contributed by atoms with Gasteiger partial charge < -0.3 is 5.73 Å². The van der Waals surface area contributed by atoms with Gasteiger partial charge in [0, 0.05) is 30.1 Å². The van der Waals surface area contributed by atoms with Gasteiger partial charge in [-0.05, 0) is 25.1 Å². The van der Waals surface area contributed by atoms with Gasteiger partial charge >= 0.3 is 0 Å². The second-order valence-electron chi connectivity index (χ2n) is 3.54. The van der Waals surface area contributed by atoms with Crippen molar-refractivity contribution in [2.24, 2.45) is 7.05 Å². The highest BCUT2D eigenvalue weighted by atomic mass is 19.1. The first kappa shape index (κ1) is 9.71. The number of rotatable bonds is 1. The fraction of sp³-hybridized carbons (Fsp3) is 0.182. The first-order valence-electron chi connectivity index (χ1n) is 4.63. The summed E-state index contributed by atoms with van der Waals surface area (Å²) in [4.78, 5) is 0. The number of halogens is 1. The maximum Gasteiger partial charge on any atom is 0.133 e. The van der Waals surface area contributed by atoms with Crippen LogP contribution in [0.15, 0.2) is 24.4 Å². The van der Waals surface area contributed by atoms with Crippen molar-refractivity contribution >= 4 is 5.69 Å². The summed E-state index contributed by atoms with van der Waals surface area (Å²) in [7, 11) is 1.81. The average molecular weight is 205 g/mol. The molecule has 78 valence electrons. The summed E-state index contributed by atoms with van der Waals surface area (Å²) >= 11 is 0. The van der Waals surface area contributed by atoms with Gasteiger partial charge in [0.05, 0.1) is 5.69 Å². The zero-order valence-corrected chi connectivity index (χ0v) is 8.66. The van der Waals surface area contributed by atoms with Crippen LogP contribution >= 0.6 is 0 Å². The van der Waals surface area contributed by atoms with E-state index < -0.39 is 0 Å². The quantitative estimate of drug-likeness (QED) is 0.725. The number of hydrogen-bond acceptors (Lipinski definition) is 2. The monoisotopic (exact) mass is 205 g/mol. The topological polar surface area (TPSA) is 43.8 Å². The van der Waals surface area contributed by atoms with E-state index in [0.29, 0.717) is 11.3 Å². The molecule has 2 rings (SSSR count). The number of nitrogens with zero attached hydrogens (tertiary/aromatic N) is 2. The molecule has 3 nitrogen and oxygen atoms in total. The van der Waals surface area contributed by atoms with Crippen LogP contribution in [0.25, 0.3) is 11.1 Å². The highest BCUT2D eigenvalue weighted by Gasteiger charge is 2.10. The molecule has 0 atom stereocenters. The lowest BCUT2D eigenvalue weighted by molar-refractivity contribution is 0.632. The zero-order chi connectivity index (χ0) is 11.0. The standard InChI is InChI=1S/C11H12FN3/c1-7-10(6-15(2)14-7)9-4-3-8(13)5-11(9)12/h3-6H,13H2,1-2H3. The molecule has 0 aliphatic rings. The third kappa shape index (κ3) is 1.70. The Balaban J connectivity index is 2.59. The molecule has 0 saturated heterocycles. The number of aromatic nitrogens is 2. The third-order valence-corrected chi connectivity index (χ3v) is 2.30. The molecule has 1 aromatic heterocycles. The molecule has 0 amide bonds. The lowest BCUT2D eigenvalue weighted by atomic mass is 10.1. The van der Waals surface area contributed by atoms with Crippen molar-refractivity contribution in [2.75, 3.05) is 5.73 Å². The summed E-state index contributed by atoms with van der Waals surface area (Å²) in [6, 6.07) is 4.68. The summed E-state index contributed by atoms with van der Waals surface area (Å²) in [6.07, 6.45) is 1.80. The molecule has 1 aromatic carbocycles. The Bertz CT molecular complexity index is 503. The van der Waals surface area contributed by atoms with E-state index in [1.807, 2.05) is 14.0 Å². The van der Waals surface area contributed by atoms with E-state index in [1.54, 1.807) is 23.0 Å². The molecule has 0 aliphatic heterocycles. The van der Waals surface area contributed by atoms with E-state index in [2.05, 4.69) is 5.10 Å². The highest BCUT2D eigenvalue weighted by molar-refractivity contribution is 5.67. The smallest absolute Gasteiger partial charge is 0.133 e. The van der Waals surface area contributed by atoms with E-state index in [0.717, 1.165) is 11.3 Å². The summed E-state index contributed by atoms with van der Waals surface area (Å²) in [5, 5.41) is 4.17. The maximum absolute atomic E-state index is 13.6. The van der Waals surface area contributed by atoms with Crippen molar-refractivity contribution < 1.29 is 4.39 Å². The van der Waals surface area contributed by atoms with E-state index >= 15 is 0 Å². The molecule has 0 spiro atoms. The number of anilines is 1. The number of hydrogen-bond donors (Lipinski definition) is 1. The van der Waals surface area contributed by atoms with Crippen molar-refractivity contribution in [1.29, 1.82) is 0 Å². The molecule has 1 heterocycles. The van der Waals surface area contributed by atoms with E-state index in [9.17, 15) is 4.39 Å². The minimum Gasteiger partial charge on any atom is -0.399 e. The zero-order valence-electron chi connectivity index (χ0n) is 8.66. The molecule has 4 heteroatoms. The number of benzene rings is 1. The third-order valence-electron chi connectivity index (χ3n) is 2.30. The predicted octanol–water partition coefficient (Wildman–Crippen LogP) is 2.12. The first-order chi connectivity index (χ1) is 7.08. The van der Waals surface area contributed by atoms with Crippen LogP contribution in [-0.4, -0.2) is 9.78 Å². The van der Waals surface area contributed by atoms with Gasteiger partial charge in [0.1, 0.15) is 5.82 Å². The summed E-state index contributed by atoms with van der Waals surface area (Å²) in [5.74, 6) is -0.314. The Morgan fingerprint density at radius 2 is 2.07 bits per heavy atom. The molecule has 0 saturated carbocycles. The normalized spacial score (nSPS) is 10.6. The molecule has 0 radical (unpaired) electrons. The number of aryl methyl sites for hydroxylation is 2. The lowest BCUT2D eigenvalue weighted by Gasteiger charge is -2.02. The van der Waals surface area contributed by atoms with Crippen molar-refractivity contribution in [1.82, 2.24) is 9.78 Å². The Morgan fingerprint density at radius 3 is 2.60 bits per heavy atom. The molecule has 2 N–H and O–H groups in total. The Kier molecular flexibility index (Phi) is 2.19. The second-order valence-corrected chi connectivity index (χ2v) is 3.54. The first-order valence-corrected chi connectivity index (χ1v) is 4.63. The van der Waals surface area contributed by atoms with E-state index in [4.69, 9.17) is 5.73 Å². The Hall–Kier alpha value is -1.84. The minimum atomic E-state index is -0.314. The summed E-state index contributed by atoms with van der Waals surface area (Å²) < 4.78 is 15.3. The Labute approximate surface area is 87.3 Å². The van der Waals surface area contributed by atoms with Gasteiger partial charge in [-0.25, -0.2) is 4.39 Å². The van der Waals surface area contributed by atoms with Crippen molar-refractivity contribution in [2.45, 2.75) is 6.92 Å². The largest absolute Gasteiger partial charge is 0.399 e. The van der Waals surface area contributed by atoms with Crippen molar-refractivity contribution in [3.05, 3.63) is 35.9 Å². The highest BCUT2D eigenvalue weighted by Crippen LogP contribution is 2.26. The van der Waals surface area contributed by atoms with Crippen LogP contribution in [-0.2, 0) is 7.05 Å². The number of nitrogens with two attached hydrogens (primary N) is 1. The van der Waals surface area contributed by atoms with Gasteiger partial charge in [0.15, 0.2) is 0 Å². The molecule has 0 bridgehead atoms. The van der Waals surface area contributed by atoms with Crippen LogP contribution in [0.5, 0.6) is 0 Å². The van der Waals surface area contributed by atoms with Gasteiger partial charge in [-0.1, -0.05) is 0 Å². The van der Waals surface area contributed by atoms with E-state index in [1.165, 1.54) is 6.07 Å². The van der Waals surface area contributed by atoms with Crippen molar-refractivity contribution in [3.63, 3.8) is 0 Å². The van der Waals surface area contributed by atoms with Crippen LogP contribution < -0.4 is 5.73 Å². The van der Waals surface area contributed by atoms with Gasteiger partial charge in [-0.15, -0.1) is 0 Å². The molecular formula is C11H12FN3. The van der Waals surface area contributed by atoms with Crippen molar-refractivity contribution in [3.8, 4) is 11.1 Å². The number of nitrogen functional groups attached to an aromatic ring is 1. The average Bonchev–Trinajstić information content (AvgIpc) is 2.45. The van der Waals surface area contributed by atoms with Crippen LogP contribution in [0.1, 0.15) is 5.69 Å². The molecule has 0 aliphatic carbocycles. The molecule has 0 fully saturated rings. The summed E-state index contributed by atoms with van der Waals surface area (Å²) in [6.45, 7) is 1.85. The molecular weight excluding hydrogens is 193 g/mol. The van der Waals surface area contributed by atoms with Gasteiger partial charge in [-0.3, -0.25) is 4.68 Å². The maximum atomic E-state index is 13.6. The van der Waals surface area contributed by atoms with E-state index in [-0.39, 0.29) is 5.82 Å². The van der Waals surface area contributed by atoms with Crippen LogP contribution in [0.3, 0.4) is 0 Å². The van der Waals surface area contributed by atoms with Crippen LogP contribution in [0.2, 0.25) is 0 Å². The molecule has 2 aromatic rings. The Morgan fingerprint density at radius 1 is 1.33 bits per heavy atom. The minimum absolute atomic E-state index is 0.314. The fourth-order valence-electron chi connectivity index (χ4n) is 1.61. The molecule has 0 unspecified atom stereocenters. The van der Waals surface area contributed by atoms with Crippen LogP contribution in [0.4, 0.5) is 10.1 Å². The lowest BCUT2D eigenvalue weighted by Crippen LogP contribution is -1.89. The fourth-order valence-corrected chi connectivity index (χ4v) is 1.61.